The number of carbonyl (C=O) groups excluding carboxylic acids is 2. The molecule has 1 fully saturated rings. The average molecular weight is 471 g/mol. The molecule has 2 aromatic heterocycles. The first kappa shape index (κ1) is 22.7. The molecule has 1 N–H and O–H groups in total. The zero-order valence-electron chi connectivity index (χ0n) is 18.4. The van der Waals surface area contributed by atoms with Crippen molar-refractivity contribution in [1.82, 2.24) is 20.2 Å². The molecular formula is C23H26N4O3S2. The molecule has 0 aliphatic carbocycles. The highest BCUT2D eigenvalue weighted by Gasteiger charge is 2.32. The first-order chi connectivity index (χ1) is 15.5. The molecule has 1 saturated heterocycles. The van der Waals surface area contributed by atoms with E-state index in [1.165, 1.54) is 23.1 Å². The highest BCUT2D eigenvalue weighted by atomic mass is 32.2. The molecule has 4 rings (SSSR count). The van der Waals surface area contributed by atoms with Gasteiger partial charge in [0.15, 0.2) is 5.78 Å². The van der Waals surface area contributed by atoms with Crippen LogP contribution in [0.25, 0.3) is 10.9 Å². The molecule has 0 bridgehead atoms. The molecule has 0 spiro atoms. The third-order valence-corrected chi connectivity index (χ3v) is 7.65. The lowest BCUT2D eigenvalue weighted by Crippen LogP contribution is -2.55. The van der Waals surface area contributed by atoms with E-state index in [1.807, 2.05) is 37.3 Å². The number of likely N-dealkylation sites (tertiary alicyclic amines) is 1. The summed E-state index contributed by atoms with van der Waals surface area (Å²) in [5, 5.41) is 4.64. The third kappa shape index (κ3) is 4.95. The minimum atomic E-state index is -0.0118. The number of ether oxygens (including phenoxy) is 1. The number of thioether (sulfide) groups is 1. The number of aryl methyl sites for hydroxylation is 1. The SMILES string of the molecule is CCN1CCC1C(=O)NCc1ccc(C(=O)CSc2nc(C)nc3ccc(OC)cc23)s1. The Morgan fingerprint density at radius 1 is 1.28 bits per heavy atom. The van der Waals surface area contributed by atoms with Gasteiger partial charge in [-0.15, -0.1) is 11.3 Å². The molecular weight excluding hydrogens is 444 g/mol. The molecule has 32 heavy (non-hydrogen) atoms. The number of amides is 1. The number of nitrogens with zero attached hydrogens (tertiary/aromatic N) is 3. The van der Waals surface area contributed by atoms with Gasteiger partial charge in [0, 0.05) is 16.8 Å². The van der Waals surface area contributed by atoms with E-state index in [0.717, 1.165) is 46.1 Å². The number of carbonyl (C=O) groups is 2. The Bertz CT molecular complexity index is 1150. The summed E-state index contributed by atoms with van der Waals surface area (Å²) in [5.74, 6) is 1.78. The number of Topliss-reactive ketones (excluding diaryl/α,β-unsaturated/α-hetero) is 1. The lowest BCUT2D eigenvalue weighted by atomic mass is 10.0. The van der Waals surface area contributed by atoms with Crippen molar-refractivity contribution < 1.29 is 14.3 Å². The van der Waals surface area contributed by atoms with Crippen LogP contribution in [0.1, 0.15) is 33.7 Å². The Kier molecular flexibility index (Phi) is 7.07. The summed E-state index contributed by atoms with van der Waals surface area (Å²) < 4.78 is 5.32. The van der Waals surface area contributed by atoms with Gasteiger partial charge in [0.2, 0.25) is 5.91 Å². The monoisotopic (exact) mass is 470 g/mol. The number of ketones is 1. The van der Waals surface area contributed by atoms with Gasteiger partial charge in [-0.05, 0) is 50.2 Å². The number of aromatic nitrogens is 2. The number of benzene rings is 1. The third-order valence-electron chi connectivity index (χ3n) is 5.53. The molecule has 3 aromatic rings. The fraction of sp³-hybridized carbons (Fsp3) is 0.391. The summed E-state index contributed by atoms with van der Waals surface area (Å²) in [7, 11) is 1.62. The fourth-order valence-electron chi connectivity index (χ4n) is 3.66. The molecule has 1 aromatic carbocycles. The number of thiophene rings is 1. The van der Waals surface area contributed by atoms with Crippen LogP contribution in [0.2, 0.25) is 0 Å². The van der Waals surface area contributed by atoms with Crippen LogP contribution in [0.5, 0.6) is 5.75 Å². The maximum Gasteiger partial charge on any atom is 0.237 e. The fourth-order valence-corrected chi connectivity index (χ4v) is 5.58. The van der Waals surface area contributed by atoms with Crippen molar-refractivity contribution >= 4 is 45.7 Å². The normalized spacial score (nSPS) is 16.0. The molecule has 168 valence electrons. The zero-order valence-corrected chi connectivity index (χ0v) is 20.0. The zero-order chi connectivity index (χ0) is 22.7. The number of likely N-dealkylation sites (N-methyl/N-ethyl adjacent to an activating group) is 1. The summed E-state index contributed by atoms with van der Waals surface area (Å²) >= 11 is 2.84. The van der Waals surface area contributed by atoms with Gasteiger partial charge < -0.3 is 10.1 Å². The molecule has 1 aliphatic rings. The lowest BCUT2D eigenvalue weighted by molar-refractivity contribution is -0.130. The minimum absolute atomic E-state index is 0.0118. The van der Waals surface area contributed by atoms with E-state index in [0.29, 0.717) is 17.2 Å². The Balaban J connectivity index is 1.37. The van der Waals surface area contributed by atoms with Crippen LogP contribution < -0.4 is 10.1 Å². The van der Waals surface area contributed by atoms with E-state index in [1.54, 1.807) is 7.11 Å². The largest absolute Gasteiger partial charge is 0.497 e. The van der Waals surface area contributed by atoms with Crippen molar-refractivity contribution in [3.8, 4) is 5.75 Å². The molecule has 1 amide bonds. The summed E-state index contributed by atoms with van der Waals surface area (Å²) in [6.07, 6.45) is 0.911. The van der Waals surface area contributed by atoms with E-state index in [2.05, 4.69) is 27.1 Å². The van der Waals surface area contributed by atoms with Crippen molar-refractivity contribution in [3.63, 3.8) is 0 Å². The van der Waals surface area contributed by atoms with Crippen molar-refractivity contribution in [1.29, 1.82) is 0 Å². The number of methoxy groups -OCH3 is 1. The van der Waals surface area contributed by atoms with Crippen molar-refractivity contribution in [2.75, 3.05) is 26.0 Å². The van der Waals surface area contributed by atoms with Gasteiger partial charge in [-0.3, -0.25) is 14.5 Å². The highest BCUT2D eigenvalue weighted by molar-refractivity contribution is 8.00. The molecule has 0 radical (unpaired) electrons. The van der Waals surface area contributed by atoms with E-state index in [9.17, 15) is 9.59 Å². The predicted molar refractivity (Wildman–Crippen MR) is 128 cm³/mol. The first-order valence-electron chi connectivity index (χ1n) is 10.6. The molecule has 0 saturated carbocycles. The highest BCUT2D eigenvalue weighted by Crippen LogP contribution is 2.29. The maximum atomic E-state index is 12.8. The molecule has 7 nitrogen and oxygen atoms in total. The van der Waals surface area contributed by atoms with Crippen LogP contribution in [0, 0.1) is 6.92 Å². The van der Waals surface area contributed by atoms with E-state index in [-0.39, 0.29) is 23.5 Å². The quantitative estimate of drug-likeness (QED) is 0.290. The van der Waals surface area contributed by atoms with E-state index >= 15 is 0 Å². The Morgan fingerprint density at radius 3 is 2.84 bits per heavy atom. The number of hydrogen-bond acceptors (Lipinski definition) is 8. The van der Waals surface area contributed by atoms with Gasteiger partial charge in [-0.2, -0.15) is 0 Å². The lowest BCUT2D eigenvalue weighted by Gasteiger charge is -2.38. The smallest absolute Gasteiger partial charge is 0.237 e. The van der Waals surface area contributed by atoms with E-state index in [4.69, 9.17) is 4.74 Å². The van der Waals surface area contributed by atoms with Crippen LogP contribution in [-0.4, -0.2) is 58.6 Å². The number of rotatable bonds is 9. The standard InChI is InChI=1S/C23H26N4O3S2/c1-4-27-10-9-19(27)22(29)24-12-16-6-8-21(32-16)20(28)13-31-23-17-11-15(30-3)5-7-18(17)25-14(2)26-23/h5-8,11,19H,4,9-10,12-13H2,1-3H3,(H,24,29). The summed E-state index contributed by atoms with van der Waals surface area (Å²) in [6, 6.07) is 9.40. The Hall–Kier alpha value is -2.49. The second-order valence-corrected chi connectivity index (χ2v) is 9.72. The minimum Gasteiger partial charge on any atom is -0.497 e. The van der Waals surface area contributed by atoms with Gasteiger partial charge in [0.1, 0.15) is 16.6 Å². The van der Waals surface area contributed by atoms with Crippen LogP contribution in [0.3, 0.4) is 0 Å². The molecule has 9 heteroatoms. The molecule has 3 heterocycles. The van der Waals surface area contributed by atoms with Gasteiger partial charge in [-0.25, -0.2) is 9.97 Å². The van der Waals surface area contributed by atoms with Gasteiger partial charge in [0.25, 0.3) is 0 Å². The van der Waals surface area contributed by atoms with E-state index < -0.39 is 0 Å². The number of fused-ring (bicyclic) bond motifs is 1. The molecule has 1 atom stereocenters. The van der Waals surface area contributed by atoms with Gasteiger partial charge in [0.05, 0.1) is 35.8 Å². The van der Waals surface area contributed by atoms with Crippen LogP contribution in [0.15, 0.2) is 35.4 Å². The first-order valence-corrected chi connectivity index (χ1v) is 12.4. The van der Waals surface area contributed by atoms with Gasteiger partial charge in [-0.1, -0.05) is 18.7 Å². The number of nitrogens with one attached hydrogen (secondary N) is 1. The topological polar surface area (TPSA) is 84.4 Å². The average Bonchev–Trinajstić information content (AvgIpc) is 3.24. The van der Waals surface area contributed by atoms with Crippen molar-refractivity contribution in [2.24, 2.45) is 0 Å². The second-order valence-electron chi connectivity index (χ2n) is 7.59. The van der Waals surface area contributed by atoms with Crippen LogP contribution in [-0.2, 0) is 11.3 Å². The predicted octanol–water partition coefficient (Wildman–Crippen LogP) is 3.69. The van der Waals surface area contributed by atoms with Crippen molar-refractivity contribution in [3.05, 3.63) is 45.9 Å². The molecule has 1 unspecified atom stereocenters. The maximum absolute atomic E-state index is 12.8. The van der Waals surface area contributed by atoms with Crippen molar-refractivity contribution in [2.45, 2.75) is 37.9 Å². The number of hydrogen-bond donors (Lipinski definition) is 1. The van der Waals surface area contributed by atoms with Crippen LogP contribution >= 0.6 is 23.1 Å². The summed E-state index contributed by atoms with van der Waals surface area (Å²) in [6.45, 7) is 6.24. The molecule has 1 aliphatic heterocycles. The van der Waals surface area contributed by atoms with Crippen LogP contribution in [0.4, 0.5) is 0 Å². The Morgan fingerprint density at radius 2 is 2.12 bits per heavy atom. The summed E-state index contributed by atoms with van der Waals surface area (Å²) in [4.78, 5) is 37.9. The Labute approximate surface area is 195 Å². The summed E-state index contributed by atoms with van der Waals surface area (Å²) in [5.41, 5.74) is 0.829. The van der Waals surface area contributed by atoms with Gasteiger partial charge >= 0.3 is 0 Å². The second kappa shape index (κ2) is 9.97.